The number of hydrogen-bond acceptors (Lipinski definition) is 3. The molecule has 92 valence electrons. The van der Waals surface area contributed by atoms with Crippen molar-refractivity contribution >= 4 is 46.2 Å². The van der Waals surface area contributed by atoms with Gasteiger partial charge in [-0.25, -0.2) is 0 Å². The predicted molar refractivity (Wildman–Crippen MR) is 78.0 cm³/mol. The van der Waals surface area contributed by atoms with Crippen LogP contribution in [0.4, 0.5) is 0 Å². The van der Waals surface area contributed by atoms with Gasteiger partial charge in [-0.1, -0.05) is 11.6 Å². The third kappa shape index (κ3) is 2.21. The molecule has 0 saturated carbocycles. The first-order valence-electron chi connectivity index (χ1n) is 5.51. The molecular weight excluding hydrogens is 286 g/mol. The van der Waals surface area contributed by atoms with E-state index >= 15 is 0 Å². The SMILES string of the molecule is S=c1[nH]c2cnccc2n1CCc1ccc(Cl)s1. The summed E-state index contributed by atoms with van der Waals surface area (Å²) in [6, 6.07) is 5.97. The molecule has 3 rings (SSSR count). The summed E-state index contributed by atoms with van der Waals surface area (Å²) in [4.78, 5) is 8.51. The van der Waals surface area contributed by atoms with Crippen LogP contribution in [0.5, 0.6) is 0 Å². The number of halogens is 1. The maximum Gasteiger partial charge on any atom is 0.178 e. The Hall–Kier alpha value is -1.17. The number of hydrogen-bond donors (Lipinski definition) is 1. The van der Waals surface area contributed by atoms with Crippen LogP contribution in [0.25, 0.3) is 11.0 Å². The Balaban J connectivity index is 1.90. The van der Waals surface area contributed by atoms with Gasteiger partial charge < -0.3 is 9.55 Å². The van der Waals surface area contributed by atoms with Gasteiger partial charge in [0.1, 0.15) is 0 Å². The molecule has 1 N–H and O–H groups in total. The number of H-pyrrole nitrogens is 1. The molecular formula is C12H10ClN3S2. The van der Waals surface area contributed by atoms with Crippen LogP contribution in [-0.2, 0) is 13.0 Å². The second kappa shape index (κ2) is 4.84. The molecule has 0 fully saturated rings. The average molecular weight is 296 g/mol. The molecule has 0 aromatic carbocycles. The standard InChI is InChI=1S/C12H10ClN3S2/c13-11-2-1-8(18-11)4-6-16-10-3-5-14-7-9(10)15-12(16)17/h1-3,5,7H,4,6H2,(H,15,17). The Morgan fingerprint density at radius 2 is 2.28 bits per heavy atom. The molecule has 0 aliphatic carbocycles. The van der Waals surface area contributed by atoms with Crippen LogP contribution >= 0.6 is 35.2 Å². The molecule has 0 bridgehead atoms. The van der Waals surface area contributed by atoms with Gasteiger partial charge in [0.15, 0.2) is 4.77 Å². The van der Waals surface area contributed by atoms with E-state index < -0.39 is 0 Å². The highest BCUT2D eigenvalue weighted by molar-refractivity contribution is 7.71. The zero-order valence-electron chi connectivity index (χ0n) is 9.39. The van der Waals surface area contributed by atoms with Gasteiger partial charge in [-0.05, 0) is 36.8 Å². The van der Waals surface area contributed by atoms with Crippen molar-refractivity contribution in [3.05, 3.63) is 44.6 Å². The quantitative estimate of drug-likeness (QED) is 0.740. The summed E-state index contributed by atoms with van der Waals surface area (Å²) in [6.07, 6.45) is 4.51. The number of thiophene rings is 1. The first-order chi connectivity index (χ1) is 8.74. The van der Waals surface area contributed by atoms with Gasteiger partial charge in [0.25, 0.3) is 0 Å². The third-order valence-corrected chi connectivity index (χ3v) is 4.40. The number of nitrogens with one attached hydrogen (secondary N) is 1. The highest BCUT2D eigenvalue weighted by Crippen LogP contribution is 2.22. The summed E-state index contributed by atoms with van der Waals surface area (Å²) in [5.41, 5.74) is 2.07. The van der Waals surface area contributed by atoms with Crippen LogP contribution in [0.15, 0.2) is 30.6 Å². The fourth-order valence-electron chi connectivity index (χ4n) is 1.94. The van der Waals surface area contributed by atoms with Gasteiger partial charge in [0.05, 0.1) is 21.6 Å². The predicted octanol–water partition coefficient (Wildman–Crippen LogP) is 4.05. The fraction of sp³-hybridized carbons (Fsp3) is 0.167. The van der Waals surface area contributed by atoms with Crippen molar-refractivity contribution in [2.45, 2.75) is 13.0 Å². The van der Waals surface area contributed by atoms with E-state index in [0.29, 0.717) is 0 Å². The number of nitrogens with zero attached hydrogens (tertiary/aromatic N) is 2. The molecule has 0 unspecified atom stereocenters. The first-order valence-corrected chi connectivity index (χ1v) is 7.11. The van der Waals surface area contributed by atoms with E-state index in [9.17, 15) is 0 Å². The van der Waals surface area contributed by atoms with Crippen LogP contribution in [0, 0.1) is 4.77 Å². The molecule has 6 heteroatoms. The molecule has 0 radical (unpaired) electrons. The van der Waals surface area contributed by atoms with Crippen LogP contribution in [0.1, 0.15) is 4.88 Å². The topological polar surface area (TPSA) is 33.6 Å². The minimum Gasteiger partial charge on any atom is -0.329 e. The molecule has 18 heavy (non-hydrogen) atoms. The molecule has 0 aliphatic rings. The summed E-state index contributed by atoms with van der Waals surface area (Å²) in [7, 11) is 0. The first kappa shape index (κ1) is 11.9. The van der Waals surface area contributed by atoms with Crippen molar-refractivity contribution in [2.75, 3.05) is 0 Å². The second-order valence-corrected chi connectivity index (χ2v) is 6.12. The van der Waals surface area contributed by atoms with E-state index in [-0.39, 0.29) is 0 Å². The maximum absolute atomic E-state index is 5.92. The van der Waals surface area contributed by atoms with Crippen molar-refractivity contribution in [1.29, 1.82) is 0 Å². The lowest BCUT2D eigenvalue weighted by molar-refractivity contribution is 0.712. The third-order valence-electron chi connectivity index (χ3n) is 2.79. The number of aryl methyl sites for hydroxylation is 2. The molecule has 0 spiro atoms. The smallest absolute Gasteiger partial charge is 0.178 e. The van der Waals surface area contributed by atoms with E-state index in [1.54, 1.807) is 23.7 Å². The summed E-state index contributed by atoms with van der Waals surface area (Å²) in [6.45, 7) is 0.847. The zero-order chi connectivity index (χ0) is 12.5. The molecule has 3 nitrogen and oxygen atoms in total. The van der Waals surface area contributed by atoms with E-state index in [4.69, 9.17) is 23.8 Å². The Morgan fingerprint density at radius 3 is 3.06 bits per heavy atom. The van der Waals surface area contributed by atoms with E-state index in [0.717, 1.165) is 33.1 Å². The van der Waals surface area contributed by atoms with Gasteiger partial charge in [0, 0.05) is 17.6 Å². The van der Waals surface area contributed by atoms with E-state index in [2.05, 4.69) is 20.6 Å². The average Bonchev–Trinajstić information content (AvgIpc) is 2.90. The van der Waals surface area contributed by atoms with Crippen molar-refractivity contribution in [3.63, 3.8) is 0 Å². The zero-order valence-corrected chi connectivity index (χ0v) is 11.8. The molecule has 3 aromatic rings. The Labute approximate surface area is 118 Å². The fourth-order valence-corrected chi connectivity index (χ4v) is 3.32. The highest BCUT2D eigenvalue weighted by Gasteiger charge is 2.05. The van der Waals surface area contributed by atoms with Crippen molar-refractivity contribution in [1.82, 2.24) is 14.5 Å². The van der Waals surface area contributed by atoms with Gasteiger partial charge in [0.2, 0.25) is 0 Å². The minimum atomic E-state index is 0.737. The lowest BCUT2D eigenvalue weighted by Crippen LogP contribution is -2.00. The molecule has 0 aliphatic heterocycles. The normalized spacial score (nSPS) is 11.2. The molecule has 0 amide bonds. The minimum absolute atomic E-state index is 0.737. The second-order valence-electron chi connectivity index (χ2n) is 3.93. The largest absolute Gasteiger partial charge is 0.329 e. The molecule has 3 aromatic heterocycles. The van der Waals surface area contributed by atoms with E-state index in [1.807, 2.05) is 12.1 Å². The summed E-state index contributed by atoms with van der Waals surface area (Å²) >= 11 is 12.9. The van der Waals surface area contributed by atoms with E-state index in [1.165, 1.54) is 4.88 Å². The van der Waals surface area contributed by atoms with Crippen molar-refractivity contribution in [3.8, 4) is 0 Å². The van der Waals surface area contributed by atoms with Gasteiger partial charge >= 0.3 is 0 Å². The lowest BCUT2D eigenvalue weighted by Gasteiger charge is -2.02. The number of rotatable bonds is 3. The Bertz CT molecular complexity index is 741. The Kier molecular flexibility index (Phi) is 3.20. The van der Waals surface area contributed by atoms with Crippen LogP contribution in [0.2, 0.25) is 4.34 Å². The monoisotopic (exact) mass is 295 g/mol. The van der Waals surface area contributed by atoms with Crippen LogP contribution < -0.4 is 0 Å². The molecule has 0 saturated heterocycles. The number of fused-ring (bicyclic) bond motifs is 1. The summed E-state index contributed by atoms with van der Waals surface area (Å²) < 4.78 is 3.66. The van der Waals surface area contributed by atoms with Gasteiger partial charge in [-0.3, -0.25) is 4.98 Å². The Morgan fingerprint density at radius 1 is 1.39 bits per heavy atom. The number of aromatic amines is 1. The number of pyridine rings is 1. The maximum atomic E-state index is 5.92. The van der Waals surface area contributed by atoms with Crippen LogP contribution in [-0.4, -0.2) is 14.5 Å². The molecule has 0 atom stereocenters. The molecule has 3 heterocycles. The van der Waals surface area contributed by atoms with Crippen LogP contribution in [0.3, 0.4) is 0 Å². The highest BCUT2D eigenvalue weighted by atomic mass is 35.5. The van der Waals surface area contributed by atoms with Crippen molar-refractivity contribution < 1.29 is 0 Å². The number of aromatic nitrogens is 3. The number of imidazole rings is 1. The van der Waals surface area contributed by atoms with Crippen molar-refractivity contribution in [2.24, 2.45) is 0 Å². The lowest BCUT2D eigenvalue weighted by atomic mass is 10.3. The van der Waals surface area contributed by atoms with Gasteiger partial charge in [-0.2, -0.15) is 0 Å². The summed E-state index contributed by atoms with van der Waals surface area (Å²) in [5, 5.41) is 0. The van der Waals surface area contributed by atoms with Gasteiger partial charge in [-0.15, -0.1) is 11.3 Å². The summed E-state index contributed by atoms with van der Waals surface area (Å²) in [5.74, 6) is 0.